The van der Waals surface area contributed by atoms with Gasteiger partial charge in [0.15, 0.2) is 0 Å². The summed E-state index contributed by atoms with van der Waals surface area (Å²) in [5, 5.41) is 19.0. The molecular formula is C18H17N5O2S2. The van der Waals surface area contributed by atoms with Crippen molar-refractivity contribution < 1.29 is 9.26 Å². The van der Waals surface area contributed by atoms with Gasteiger partial charge in [0.2, 0.25) is 5.16 Å². The minimum atomic E-state index is 0.614. The molecule has 0 N–H and O–H groups in total. The van der Waals surface area contributed by atoms with Crippen LogP contribution in [0.15, 0.2) is 57.5 Å². The molecule has 4 aromatic rings. The molecule has 1 aromatic carbocycles. The fraction of sp³-hybridized carbons (Fsp3) is 0.222. The Labute approximate surface area is 164 Å². The van der Waals surface area contributed by atoms with E-state index in [1.807, 2.05) is 35.0 Å². The highest BCUT2D eigenvalue weighted by Crippen LogP contribution is 2.26. The largest absolute Gasteiger partial charge is 0.497 e. The summed E-state index contributed by atoms with van der Waals surface area (Å²) < 4.78 is 12.5. The Morgan fingerprint density at radius 3 is 2.89 bits per heavy atom. The first-order valence-electron chi connectivity index (χ1n) is 8.33. The molecule has 0 saturated carbocycles. The molecule has 0 saturated heterocycles. The SMILES string of the molecule is COc1ccc(-c2cc(CSc3nnnn3CCc3cccs3)on2)cc1. The Morgan fingerprint density at radius 2 is 2.11 bits per heavy atom. The van der Waals surface area contributed by atoms with Crippen molar-refractivity contribution in [1.82, 2.24) is 25.4 Å². The van der Waals surface area contributed by atoms with Crippen LogP contribution in [0.3, 0.4) is 0 Å². The number of thioether (sulfide) groups is 1. The van der Waals surface area contributed by atoms with Crippen molar-refractivity contribution in [1.29, 1.82) is 0 Å². The van der Waals surface area contributed by atoms with Crippen LogP contribution in [0.4, 0.5) is 0 Å². The summed E-state index contributed by atoms with van der Waals surface area (Å²) in [6.45, 7) is 0.753. The third kappa shape index (κ3) is 4.37. The summed E-state index contributed by atoms with van der Waals surface area (Å²) in [6, 6.07) is 13.8. The van der Waals surface area contributed by atoms with E-state index in [1.165, 1.54) is 16.6 Å². The Kier molecular flexibility index (Phi) is 5.50. The van der Waals surface area contributed by atoms with Gasteiger partial charge in [0.25, 0.3) is 0 Å². The van der Waals surface area contributed by atoms with Gasteiger partial charge < -0.3 is 9.26 Å². The minimum absolute atomic E-state index is 0.614. The molecule has 0 bridgehead atoms. The normalized spacial score (nSPS) is 11.0. The van der Waals surface area contributed by atoms with Gasteiger partial charge in [0.05, 0.1) is 19.4 Å². The van der Waals surface area contributed by atoms with Crippen LogP contribution in [0.5, 0.6) is 5.75 Å². The molecule has 9 heteroatoms. The lowest BCUT2D eigenvalue weighted by Crippen LogP contribution is -2.04. The number of hydrogen-bond acceptors (Lipinski definition) is 8. The molecule has 0 atom stereocenters. The first-order valence-corrected chi connectivity index (χ1v) is 10.2. The average Bonchev–Trinajstić information content (AvgIpc) is 3.46. The Balaban J connectivity index is 1.37. The van der Waals surface area contributed by atoms with Crippen molar-refractivity contribution in [3.63, 3.8) is 0 Å². The molecule has 3 aromatic heterocycles. The summed E-state index contributed by atoms with van der Waals surface area (Å²) in [6.07, 6.45) is 0.917. The summed E-state index contributed by atoms with van der Waals surface area (Å²) in [5.41, 5.74) is 1.78. The summed E-state index contributed by atoms with van der Waals surface area (Å²) in [4.78, 5) is 1.32. The molecule has 0 amide bonds. The standard InChI is InChI=1S/C18H17N5O2S2/c1-24-14-6-4-13(5-7-14)17-11-15(25-20-17)12-27-18-19-21-22-23(18)9-8-16-3-2-10-26-16/h2-7,10-11H,8-9,12H2,1H3. The van der Waals surface area contributed by atoms with Crippen LogP contribution < -0.4 is 4.74 Å². The Morgan fingerprint density at radius 1 is 1.22 bits per heavy atom. The topological polar surface area (TPSA) is 78.9 Å². The number of tetrazole rings is 1. The molecule has 3 heterocycles. The van der Waals surface area contributed by atoms with Crippen molar-refractivity contribution in [3.05, 3.63) is 58.5 Å². The number of thiophene rings is 1. The number of hydrogen-bond donors (Lipinski definition) is 0. The minimum Gasteiger partial charge on any atom is -0.497 e. The molecule has 4 rings (SSSR count). The number of rotatable bonds is 8. The first-order chi connectivity index (χ1) is 13.3. The molecule has 0 spiro atoms. The van der Waals surface area contributed by atoms with Gasteiger partial charge in [-0.25, -0.2) is 4.68 Å². The van der Waals surface area contributed by atoms with Crippen LogP contribution in [0.2, 0.25) is 0 Å². The lowest BCUT2D eigenvalue weighted by molar-refractivity contribution is 0.397. The summed E-state index contributed by atoms with van der Waals surface area (Å²) in [7, 11) is 1.65. The maximum Gasteiger partial charge on any atom is 0.209 e. The van der Waals surface area contributed by atoms with Crippen LogP contribution in [0, 0.1) is 0 Å². The molecule has 0 radical (unpaired) electrons. The second-order valence-electron chi connectivity index (χ2n) is 5.71. The zero-order valence-corrected chi connectivity index (χ0v) is 16.2. The Bertz CT molecular complexity index is 980. The average molecular weight is 400 g/mol. The molecule has 0 aliphatic rings. The zero-order valence-electron chi connectivity index (χ0n) is 14.6. The lowest BCUT2D eigenvalue weighted by Gasteiger charge is -2.02. The smallest absolute Gasteiger partial charge is 0.209 e. The molecule has 138 valence electrons. The van der Waals surface area contributed by atoms with Crippen LogP contribution in [0.25, 0.3) is 11.3 Å². The zero-order chi connectivity index (χ0) is 18.5. The highest BCUT2D eigenvalue weighted by molar-refractivity contribution is 7.98. The van der Waals surface area contributed by atoms with Gasteiger partial charge in [0, 0.05) is 22.9 Å². The van der Waals surface area contributed by atoms with Gasteiger partial charge in [-0.05, 0) is 46.1 Å². The second-order valence-corrected chi connectivity index (χ2v) is 7.68. The van der Waals surface area contributed by atoms with Gasteiger partial charge in [-0.2, -0.15) is 0 Å². The van der Waals surface area contributed by atoms with Crippen molar-refractivity contribution in [3.8, 4) is 17.0 Å². The van der Waals surface area contributed by atoms with Crippen molar-refractivity contribution in [2.24, 2.45) is 0 Å². The van der Waals surface area contributed by atoms with Gasteiger partial charge >= 0.3 is 0 Å². The Hall–Kier alpha value is -2.65. The fourth-order valence-corrected chi connectivity index (χ4v) is 4.00. The van der Waals surface area contributed by atoms with E-state index in [-0.39, 0.29) is 0 Å². The highest BCUT2D eigenvalue weighted by Gasteiger charge is 2.11. The van der Waals surface area contributed by atoms with Crippen LogP contribution in [-0.2, 0) is 18.7 Å². The molecule has 0 fully saturated rings. The maximum atomic E-state index is 5.45. The van der Waals surface area contributed by atoms with Gasteiger partial charge in [0.1, 0.15) is 17.2 Å². The van der Waals surface area contributed by atoms with Crippen molar-refractivity contribution in [2.45, 2.75) is 23.9 Å². The number of benzene rings is 1. The van der Waals surface area contributed by atoms with E-state index in [1.54, 1.807) is 18.4 Å². The third-order valence-corrected chi connectivity index (χ3v) is 5.85. The van der Waals surface area contributed by atoms with E-state index in [0.29, 0.717) is 5.75 Å². The van der Waals surface area contributed by atoms with E-state index < -0.39 is 0 Å². The predicted octanol–water partition coefficient (Wildman–Crippen LogP) is 3.93. The van der Waals surface area contributed by atoms with Crippen molar-refractivity contribution >= 4 is 23.1 Å². The van der Waals surface area contributed by atoms with Crippen LogP contribution in [-0.4, -0.2) is 32.5 Å². The van der Waals surface area contributed by atoms with Gasteiger partial charge in [-0.3, -0.25) is 0 Å². The molecule has 0 unspecified atom stereocenters. The number of methoxy groups -OCH3 is 1. The molecule has 27 heavy (non-hydrogen) atoms. The number of ether oxygens (including phenoxy) is 1. The van der Waals surface area contributed by atoms with Crippen LogP contribution in [0.1, 0.15) is 10.6 Å². The number of aromatic nitrogens is 5. The monoisotopic (exact) mass is 399 g/mol. The summed E-state index contributed by atoms with van der Waals surface area (Å²) >= 11 is 3.28. The number of aryl methyl sites for hydroxylation is 2. The summed E-state index contributed by atoms with van der Waals surface area (Å²) in [5.74, 6) is 2.20. The van der Waals surface area contributed by atoms with Crippen LogP contribution >= 0.6 is 23.1 Å². The van der Waals surface area contributed by atoms with Gasteiger partial charge in [-0.1, -0.05) is 23.0 Å². The third-order valence-electron chi connectivity index (χ3n) is 3.94. The van der Waals surface area contributed by atoms with Crippen molar-refractivity contribution in [2.75, 3.05) is 7.11 Å². The predicted molar refractivity (Wildman–Crippen MR) is 104 cm³/mol. The molecule has 0 aliphatic heterocycles. The van der Waals surface area contributed by atoms with E-state index in [0.717, 1.165) is 40.9 Å². The quantitative estimate of drug-likeness (QED) is 0.415. The molecule has 0 aliphatic carbocycles. The molecule has 7 nitrogen and oxygen atoms in total. The van der Waals surface area contributed by atoms with E-state index in [2.05, 4.69) is 38.2 Å². The van der Waals surface area contributed by atoms with E-state index in [9.17, 15) is 0 Å². The highest BCUT2D eigenvalue weighted by atomic mass is 32.2. The molecular weight excluding hydrogens is 382 g/mol. The van der Waals surface area contributed by atoms with E-state index >= 15 is 0 Å². The maximum absolute atomic E-state index is 5.45. The van der Waals surface area contributed by atoms with Gasteiger partial charge in [-0.15, -0.1) is 16.4 Å². The van der Waals surface area contributed by atoms with E-state index in [4.69, 9.17) is 9.26 Å². The first kappa shape index (κ1) is 17.7. The lowest BCUT2D eigenvalue weighted by atomic mass is 10.1. The second kappa shape index (κ2) is 8.36. The fourth-order valence-electron chi connectivity index (χ4n) is 2.53. The number of nitrogens with zero attached hydrogens (tertiary/aromatic N) is 5.